The van der Waals surface area contributed by atoms with Gasteiger partial charge in [-0.15, -0.1) is 0 Å². The summed E-state index contributed by atoms with van der Waals surface area (Å²) in [5.41, 5.74) is 1.24. The van der Waals surface area contributed by atoms with Crippen LogP contribution in [0.2, 0.25) is 0 Å². The van der Waals surface area contributed by atoms with E-state index in [0.29, 0.717) is 19.0 Å². The Bertz CT molecular complexity index is 691. The summed E-state index contributed by atoms with van der Waals surface area (Å²) in [5.74, 6) is 0.112. The SMILES string of the molecule is O=C(NCCC(=O)N(CCc1ccccc1)C1CCCC1)c1ccco1. The number of hydrogen-bond donors (Lipinski definition) is 1. The van der Waals surface area contributed by atoms with E-state index in [1.807, 2.05) is 23.1 Å². The van der Waals surface area contributed by atoms with Crippen LogP contribution in [-0.2, 0) is 11.2 Å². The van der Waals surface area contributed by atoms with Gasteiger partial charge in [-0.2, -0.15) is 0 Å². The van der Waals surface area contributed by atoms with Crippen LogP contribution in [-0.4, -0.2) is 35.8 Å². The van der Waals surface area contributed by atoms with Crippen molar-refractivity contribution >= 4 is 11.8 Å². The van der Waals surface area contributed by atoms with Gasteiger partial charge in [0.2, 0.25) is 5.91 Å². The Labute approximate surface area is 154 Å². The standard InChI is InChI=1S/C21H26N2O3/c24-20(12-14-22-21(25)19-11-6-16-26-19)23(18-9-4-5-10-18)15-13-17-7-2-1-3-8-17/h1-3,6-8,11,16,18H,4-5,9-10,12-15H2,(H,22,25). The van der Waals surface area contributed by atoms with Gasteiger partial charge in [-0.1, -0.05) is 43.2 Å². The first-order valence-corrected chi connectivity index (χ1v) is 9.39. The zero-order chi connectivity index (χ0) is 18.2. The minimum Gasteiger partial charge on any atom is -0.459 e. The van der Waals surface area contributed by atoms with Gasteiger partial charge in [0, 0.05) is 25.6 Å². The van der Waals surface area contributed by atoms with Crippen molar-refractivity contribution in [3.63, 3.8) is 0 Å². The molecule has 1 aromatic heterocycles. The van der Waals surface area contributed by atoms with E-state index < -0.39 is 0 Å². The highest BCUT2D eigenvalue weighted by atomic mass is 16.3. The van der Waals surface area contributed by atoms with Crippen LogP contribution in [0.15, 0.2) is 53.1 Å². The molecule has 0 atom stereocenters. The lowest BCUT2D eigenvalue weighted by atomic mass is 10.1. The number of benzene rings is 1. The number of nitrogens with one attached hydrogen (secondary N) is 1. The van der Waals surface area contributed by atoms with Crippen molar-refractivity contribution < 1.29 is 14.0 Å². The van der Waals surface area contributed by atoms with Crippen LogP contribution in [0.1, 0.15) is 48.2 Å². The van der Waals surface area contributed by atoms with E-state index in [4.69, 9.17) is 4.42 Å². The van der Waals surface area contributed by atoms with Crippen molar-refractivity contribution in [3.8, 4) is 0 Å². The number of hydrogen-bond acceptors (Lipinski definition) is 3. The second-order valence-corrected chi connectivity index (χ2v) is 6.74. The molecule has 138 valence electrons. The molecule has 26 heavy (non-hydrogen) atoms. The molecule has 0 saturated heterocycles. The van der Waals surface area contributed by atoms with E-state index in [1.54, 1.807) is 12.1 Å². The van der Waals surface area contributed by atoms with Gasteiger partial charge in [0.1, 0.15) is 0 Å². The van der Waals surface area contributed by atoms with Crippen molar-refractivity contribution in [3.05, 3.63) is 60.1 Å². The van der Waals surface area contributed by atoms with E-state index in [9.17, 15) is 9.59 Å². The molecule has 3 rings (SSSR count). The molecule has 0 bridgehead atoms. The maximum absolute atomic E-state index is 12.8. The average Bonchev–Trinajstić information content (AvgIpc) is 3.37. The number of rotatable bonds is 8. The number of carbonyl (C=O) groups excluding carboxylic acids is 2. The monoisotopic (exact) mass is 354 g/mol. The second-order valence-electron chi connectivity index (χ2n) is 6.74. The predicted octanol–water partition coefficient (Wildman–Crippen LogP) is 3.41. The van der Waals surface area contributed by atoms with Gasteiger partial charge in [0.25, 0.3) is 5.91 Å². The summed E-state index contributed by atoms with van der Waals surface area (Å²) in [6.07, 6.45) is 7.19. The minimum atomic E-state index is -0.278. The number of furan rings is 1. The van der Waals surface area contributed by atoms with Gasteiger partial charge in [0.05, 0.1) is 6.26 Å². The van der Waals surface area contributed by atoms with Crippen molar-refractivity contribution in [2.45, 2.75) is 44.6 Å². The Morgan fingerprint density at radius 2 is 1.85 bits per heavy atom. The Morgan fingerprint density at radius 1 is 1.08 bits per heavy atom. The Kier molecular flexibility index (Phi) is 6.47. The first-order valence-electron chi connectivity index (χ1n) is 9.39. The quantitative estimate of drug-likeness (QED) is 0.790. The Morgan fingerprint density at radius 3 is 2.54 bits per heavy atom. The highest BCUT2D eigenvalue weighted by Crippen LogP contribution is 2.24. The molecule has 2 amide bonds. The highest BCUT2D eigenvalue weighted by molar-refractivity contribution is 5.91. The lowest BCUT2D eigenvalue weighted by Gasteiger charge is -2.29. The summed E-state index contributed by atoms with van der Waals surface area (Å²) in [5, 5.41) is 2.76. The van der Waals surface area contributed by atoms with Crippen LogP contribution in [0, 0.1) is 0 Å². The maximum Gasteiger partial charge on any atom is 0.286 e. The molecule has 0 spiro atoms. The minimum absolute atomic E-state index is 0.118. The third-order valence-electron chi connectivity index (χ3n) is 4.94. The highest BCUT2D eigenvalue weighted by Gasteiger charge is 2.26. The van der Waals surface area contributed by atoms with E-state index in [1.165, 1.54) is 24.7 Å². The summed E-state index contributed by atoms with van der Waals surface area (Å²) in [6, 6.07) is 13.9. The molecule has 1 aromatic carbocycles. The Balaban J connectivity index is 1.51. The first-order chi connectivity index (χ1) is 12.7. The molecular weight excluding hydrogens is 328 g/mol. The van der Waals surface area contributed by atoms with Crippen LogP contribution < -0.4 is 5.32 Å². The number of nitrogens with zero attached hydrogens (tertiary/aromatic N) is 1. The van der Waals surface area contributed by atoms with Crippen LogP contribution in [0.3, 0.4) is 0 Å². The largest absolute Gasteiger partial charge is 0.459 e. The summed E-state index contributed by atoms with van der Waals surface area (Å²) < 4.78 is 5.06. The summed E-state index contributed by atoms with van der Waals surface area (Å²) >= 11 is 0. The fourth-order valence-corrected chi connectivity index (χ4v) is 3.54. The van der Waals surface area contributed by atoms with Crippen LogP contribution in [0.5, 0.6) is 0 Å². The lowest BCUT2D eigenvalue weighted by Crippen LogP contribution is -2.41. The van der Waals surface area contributed by atoms with E-state index in [-0.39, 0.29) is 17.6 Å². The molecule has 1 N–H and O–H groups in total. The lowest BCUT2D eigenvalue weighted by molar-refractivity contribution is -0.133. The van der Waals surface area contributed by atoms with Gasteiger partial charge < -0.3 is 14.6 Å². The first kappa shape index (κ1) is 18.2. The topological polar surface area (TPSA) is 62.6 Å². The molecule has 1 aliphatic carbocycles. The molecule has 0 unspecified atom stereocenters. The second kappa shape index (κ2) is 9.22. The Hall–Kier alpha value is -2.56. The summed E-state index contributed by atoms with van der Waals surface area (Å²) in [7, 11) is 0. The molecule has 5 heteroatoms. The molecule has 0 radical (unpaired) electrons. The van der Waals surface area contributed by atoms with Gasteiger partial charge in [0.15, 0.2) is 5.76 Å². The molecule has 1 heterocycles. The van der Waals surface area contributed by atoms with Crippen LogP contribution in [0.4, 0.5) is 0 Å². The zero-order valence-electron chi connectivity index (χ0n) is 15.0. The van der Waals surface area contributed by atoms with Crippen molar-refractivity contribution in [2.75, 3.05) is 13.1 Å². The van der Waals surface area contributed by atoms with Gasteiger partial charge in [-0.25, -0.2) is 0 Å². The third-order valence-corrected chi connectivity index (χ3v) is 4.94. The molecular formula is C21H26N2O3. The summed E-state index contributed by atoms with van der Waals surface area (Å²) in [4.78, 5) is 26.7. The van der Waals surface area contributed by atoms with Crippen molar-refractivity contribution in [2.24, 2.45) is 0 Å². The van der Waals surface area contributed by atoms with Gasteiger partial charge in [-0.3, -0.25) is 9.59 Å². The van der Waals surface area contributed by atoms with E-state index in [2.05, 4.69) is 17.4 Å². The fourth-order valence-electron chi connectivity index (χ4n) is 3.54. The van der Waals surface area contributed by atoms with Crippen molar-refractivity contribution in [1.29, 1.82) is 0 Å². The molecule has 1 aliphatic rings. The smallest absolute Gasteiger partial charge is 0.286 e. The number of carbonyl (C=O) groups is 2. The number of amides is 2. The molecule has 2 aromatic rings. The van der Waals surface area contributed by atoms with Gasteiger partial charge in [-0.05, 0) is 37.0 Å². The summed E-state index contributed by atoms with van der Waals surface area (Å²) in [6.45, 7) is 1.06. The predicted molar refractivity (Wildman–Crippen MR) is 99.8 cm³/mol. The molecule has 1 fully saturated rings. The third kappa shape index (κ3) is 4.97. The van der Waals surface area contributed by atoms with Crippen molar-refractivity contribution in [1.82, 2.24) is 10.2 Å². The van der Waals surface area contributed by atoms with E-state index in [0.717, 1.165) is 25.8 Å². The van der Waals surface area contributed by atoms with Crippen LogP contribution in [0.25, 0.3) is 0 Å². The van der Waals surface area contributed by atoms with E-state index >= 15 is 0 Å². The molecule has 1 saturated carbocycles. The molecule has 0 aliphatic heterocycles. The maximum atomic E-state index is 12.8. The van der Waals surface area contributed by atoms with Crippen LogP contribution >= 0.6 is 0 Å². The molecule has 5 nitrogen and oxygen atoms in total. The van der Waals surface area contributed by atoms with Gasteiger partial charge >= 0.3 is 0 Å². The zero-order valence-corrected chi connectivity index (χ0v) is 15.0. The fraction of sp³-hybridized carbons (Fsp3) is 0.429. The normalized spacial score (nSPS) is 14.3. The average molecular weight is 354 g/mol.